The monoisotopic (exact) mass is 271 g/mol. The van der Waals surface area contributed by atoms with Crippen LogP contribution in [0.2, 0.25) is 0 Å². The summed E-state index contributed by atoms with van der Waals surface area (Å²) in [6.07, 6.45) is -0.692. The molecular formula is C11H21N5O3. The Hall–Kier alpha value is -1.67. The normalized spacial score (nSPS) is 14.5. The molecular weight excluding hydrogens is 250 g/mol. The molecule has 0 aliphatic carbocycles. The SMILES string of the molecule is Cc1nn(C(C)C)c(NCC(N)C(C)O)c1[N+](=O)[O-]. The van der Waals surface area contributed by atoms with Crippen LogP contribution in [-0.4, -0.2) is 38.5 Å². The Kier molecular flexibility index (Phi) is 4.84. The first kappa shape index (κ1) is 15.4. The van der Waals surface area contributed by atoms with Gasteiger partial charge in [-0.15, -0.1) is 0 Å². The van der Waals surface area contributed by atoms with E-state index in [1.807, 2.05) is 13.8 Å². The van der Waals surface area contributed by atoms with Crippen molar-refractivity contribution in [2.75, 3.05) is 11.9 Å². The number of nitrogens with two attached hydrogens (primary N) is 1. The molecule has 0 aliphatic rings. The first-order valence-corrected chi connectivity index (χ1v) is 6.16. The number of aryl methyl sites for hydroxylation is 1. The van der Waals surface area contributed by atoms with Crippen LogP contribution in [0.25, 0.3) is 0 Å². The Morgan fingerprint density at radius 2 is 2.11 bits per heavy atom. The van der Waals surface area contributed by atoms with Gasteiger partial charge in [-0.25, -0.2) is 4.68 Å². The summed E-state index contributed by atoms with van der Waals surface area (Å²) < 4.78 is 1.56. The summed E-state index contributed by atoms with van der Waals surface area (Å²) in [4.78, 5) is 10.6. The van der Waals surface area contributed by atoms with Crippen molar-refractivity contribution in [1.29, 1.82) is 0 Å². The van der Waals surface area contributed by atoms with Crippen LogP contribution in [0.3, 0.4) is 0 Å². The molecule has 2 unspecified atom stereocenters. The van der Waals surface area contributed by atoms with Gasteiger partial charge < -0.3 is 16.2 Å². The largest absolute Gasteiger partial charge is 0.392 e. The van der Waals surface area contributed by atoms with Gasteiger partial charge in [0, 0.05) is 18.6 Å². The highest BCUT2D eigenvalue weighted by Crippen LogP contribution is 2.30. The topological polar surface area (TPSA) is 119 Å². The van der Waals surface area contributed by atoms with Gasteiger partial charge in [0.1, 0.15) is 5.69 Å². The number of hydrogen-bond acceptors (Lipinski definition) is 6. The van der Waals surface area contributed by atoms with E-state index in [1.165, 1.54) is 0 Å². The lowest BCUT2D eigenvalue weighted by atomic mass is 10.2. The molecule has 1 aromatic heterocycles. The van der Waals surface area contributed by atoms with Gasteiger partial charge in [0.25, 0.3) is 0 Å². The summed E-state index contributed by atoms with van der Waals surface area (Å²) >= 11 is 0. The molecule has 19 heavy (non-hydrogen) atoms. The molecule has 0 aromatic carbocycles. The van der Waals surface area contributed by atoms with Gasteiger partial charge in [0.2, 0.25) is 5.82 Å². The van der Waals surface area contributed by atoms with Crippen LogP contribution in [-0.2, 0) is 0 Å². The maximum absolute atomic E-state index is 11.1. The average Bonchev–Trinajstić information content (AvgIpc) is 2.62. The first-order chi connectivity index (χ1) is 8.75. The minimum absolute atomic E-state index is 0.0160. The molecule has 2 atom stereocenters. The maximum Gasteiger partial charge on any atom is 0.333 e. The van der Waals surface area contributed by atoms with E-state index in [1.54, 1.807) is 18.5 Å². The molecule has 0 bridgehead atoms. The molecule has 1 rings (SSSR count). The molecule has 0 aliphatic heterocycles. The van der Waals surface area contributed by atoms with E-state index >= 15 is 0 Å². The number of hydrogen-bond donors (Lipinski definition) is 3. The Labute approximate surface area is 111 Å². The zero-order valence-electron chi connectivity index (χ0n) is 11.6. The number of aromatic nitrogens is 2. The molecule has 1 heterocycles. The Bertz CT molecular complexity index is 455. The molecule has 0 fully saturated rings. The van der Waals surface area contributed by atoms with Gasteiger partial charge in [0.05, 0.1) is 11.0 Å². The smallest absolute Gasteiger partial charge is 0.333 e. The summed E-state index contributed by atoms with van der Waals surface area (Å²) in [5.74, 6) is 0.327. The third-order valence-corrected chi connectivity index (χ3v) is 2.85. The fourth-order valence-corrected chi connectivity index (χ4v) is 1.68. The van der Waals surface area contributed by atoms with E-state index in [0.717, 1.165) is 0 Å². The van der Waals surface area contributed by atoms with Crippen LogP contribution in [0.1, 0.15) is 32.5 Å². The van der Waals surface area contributed by atoms with Crippen LogP contribution in [0.4, 0.5) is 11.5 Å². The van der Waals surface area contributed by atoms with Crippen LogP contribution in [0.15, 0.2) is 0 Å². The number of aliphatic hydroxyl groups excluding tert-OH is 1. The number of nitrogens with zero attached hydrogens (tertiary/aromatic N) is 3. The summed E-state index contributed by atoms with van der Waals surface area (Å²) in [5.41, 5.74) is 6.02. The molecule has 0 amide bonds. The van der Waals surface area contributed by atoms with Crippen LogP contribution < -0.4 is 11.1 Å². The van der Waals surface area contributed by atoms with Gasteiger partial charge in [-0.1, -0.05) is 0 Å². The Balaban J connectivity index is 3.05. The van der Waals surface area contributed by atoms with Gasteiger partial charge in [-0.2, -0.15) is 5.10 Å². The summed E-state index contributed by atoms with van der Waals surface area (Å²) in [7, 11) is 0. The highest BCUT2D eigenvalue weighted by molar-refractivity contribution is 5.59. The van der Waals surface area contributed by atoms with Crippen molar-refractivity contribution in [1.82, 2.24) is 9.78 Å². The number of rotatable bonds is 6. The molecule has 0 spiro atoms. The van der Waals surface area contributed by atoms with Crippen molar-refractivity contribution < 1.29 is 10.0 Å². The molecule has 0 radical (unpaired) electrons. The number of anilines is 1. The van der Waals surface area contributed by atoms with Gasteiger partial charge in [0.15, 0.2) is 0 Å². The van der Waals surface area contributed by atoms with Crippen molar-refractivity contribution in [3.05, 3.63) is 15.8 Å². The lowest BCUT2D eigenvalue weighted by molar-refractivity contribution is -0.384. The van der Waals surface area contributed by atoms with E-state index in [2.05, 4.69) is 10.4 Å². The minimum atomic E-state index is -0.692. The number of nitro groups is 1. The molecule has 4 N–H and O–H groups in total. The molecule has 8 nitrogen and oxygen atoms in total. The highest BCUT2D eigenvalue weighted by atomic mass is 16.6. The fourth-order valence-electron chi connectivity index (χ4n) is 1.68. The van der Waals surface area contributed by atoms with Gasteiger partial charge >= 0.3 is 5.69 Å². The van der Waals surface area contributed by atoms with Crippen LogP contribution in [0.5, 0.6) is 0 Å². The second-order valence-electron chi connectivity index (χ2n) is 4.86. The minimum Gasteiger partial charge on any atom is -0.392 e. The van der Waals surface area contributed by atoms with Crippen molar-refractivity contribution in [3.63, 3.8) is 0 Å². The third kappa shape index (κ3) is 3.42. The van der Waals surface area contributed by atoms with E-state index in [-0.39, 0.29) is 18.3 Å². The molecule has 0 saturated carbocycles. The zero-order chi connectivity index (χ0) is 14.7. The van der Waals surface area contributed by atoms with Gasteiger partial charge in [-0.05, 0) is 27.7 Å². The maximum atomic E-state index is 11.1. The number of nitrogens with one attached hydrogen (secondary N) is 1. The van der Waals surface area contributed by atoms with E-state index in [9.17, 15) is 15.2 Å². The second kappa shape index (κ2) is 5.98. The Morgan fingerprint density at radius 1 is 1.53 bits per heavy atom. The van der Waals surface area contributed by atoms with Crippen molar-refractivity contribution in [2.24, 2.45) is 5.73 Å². The quantitative estimate of drug-likeness (QED) is 0.520. The predicted molar refractivity (Wildman–Crippen MR) is 72.1 cm³/mol. The van der Waals surface area contributed by atoms with Crippen molar-refractivity contribution in [3.8, 4) is 0 Å². The van der Waals surface area contributed by atoms with E-state index in [4.69, 9.17) is 5.73 Å². The fraction of sp³-hybridized carbons (Fsp3) is 0.727. The van der Waals surface area contributed by atoms with Crippen LogP contribution >= 0.6 is 0 Å². The zero-order valence-corrected chi connectivity index (χ0v) is 11.6. The molecule has 0 saturated heterocycles. The Morgan fingerprint density at radius 3 is 2.53 bits per heavy atom. The van der Waals surface area contributed by atoms with Crippen molar-refractivity contribution in [2.45, 2.75) is 45.9 Å². The second-order valence-corrected chi connectivity index (χ2v) is 4.86. The predicted octanol–water partition coefficient (Wildman–Crippen LogP) is 0.801. The van der Waals surface area contributed by atoms with E-state index in [0.29, 0.717) is 11.5 Å². The third-order valence-electron chi connectivity index (χ3n) is 2.85. The van der Waals surface area contributed by atoms with E-state index < -0.39 is 17.1 Å². The summed E-state index contributed by atoms with van der Waals surface area (Å²) in [6.45, 7) is 7.17. The summed E-state index contributed by atoms with van der Waals surface area (Å²) in [5, 5.41) is 27.5. The summed E-state index contributed by atoms with van der Waals surface area (Å²) in [6, 6.07) is -0.520. The molecule has 8 heteroatoms. The highest BCUT2D eigenvalue weighted by Gasteiger charge is 2.26. The van der Waals surface area contributed by atoms with Crippen molar-refractivity contribution >= 4 is 11.5 Å². The molecule has 108 valence electrons. The average molecular weight is 271 g/mol. The number of aliphatic hydroxyl groups is 1. The first-order valence-electron chi connectivity index (χ1n) is 6.16. The standard InChI is InChI=1S/C11H21N5O3/c1-6(2)15-11(13-5-9(12)8(4)17)10(16(18)19)7(3)14-15/h6,8-9,13,17H,5,12H2,1-4H3. The van der Waals surface area contributed by atoms with Gasteiger partial charge in [-0.3, -0.25) is 10.1 Å². The van der Waals surface area contributed by atoms with Crippen LogP contribution in [0, 0.1) is 17.0 Å². The lowest BCUT2D eigenvalue weighted by Gasteiger charge is -2.17. The molecule has 1 aromatic rings. The lowest BCUT2D eigenvalue weighted by Crippen LogP contribution is -2.39.